The molecular weight excluding hydrogens is 440 g/mol. The molecule has 12 nitrogen and oxygen atoms in total. The van der Waals surface area contributed by atoms with E-state index >= 15 is 0 Å². The van der Waals surface area contributed by atoms with Gasteiger partial charge in [-0.05, 0) is 18.2 Å². The van der Waals surface area contributed by atoms with Crippen molar-refractivity contribution in [1.82, 2.24) is 25.4 Å². The summed E-state index contributed by atoms with van der Waals surface area (Å²) in [6.45, 7) is 0. The molecule has 0 saturated heterocycles. The monoisotopic (exact) mass is 460 g/mol. The van der Waals surface area contributed by atoms with E-state index in [1.165, 1.54) is 41.8 Å². The fourth-order valence-corrected chi connectivity index (χ4v) is 3.66. The highest BCUT2D eigenvalue weighted by Gasteiger charge is 2.26. The van der Waals surface area contributed by atoms with Gasteiger partial charge in [-0.15, -0.1) is 16.4 Å². The molecular formula is C19H20N6O6S. The van der Waals surface area contributed by atoms with Crippen LogP contribution in [-0.2, 0) is 0 Å². The van der Waals surface area contributed by atoms with Crippen LogP contribution in [0.4, 0.5) is 11.4 Å². The van der Waals surface area contributed by atoms with E-state index in [1.54, 1.807) is 37.6 Å². The number of anilines is 2. The van der Waals surface area contributed by atoms with Crippen LogP contribution in [-0.4, -0.2) is 74.5 Å². The Hall–Kier alpha value is -3.65. The van der Waals surface area contributed by atoms with Crippen LogP contribution in [0.25, 0.3) is 10.6 Å². The van der Waals surface area contributed by atoms with Gasteiger partial charge >= 0.3 is 6.10 Å². The van der Waals surface area contributed by atoms with Crippen molar-refractivity contribution in [1.29, 1.82) is 0 Å². The Morgan fingerprint density at radius 3 is 2.56 bits per heavy atom. The first kappa shape index (κ1) is 23.0. The summed E-state index contributed by atoms with van der Waals surface area (Å²) in [7, 11) is 4.76. The average Bonchev–Trinajstić information content (AvgIpc) is 3.22. The minimum absolute atomic E-state index is 0.153. The number of hydrogen-bond acceptors (Lipinski definition) is 11. The number of thiazole rings is 1. The third kappa shape index (κ3) is 5.15. The second-order valence-electron chi connectivity index (χ2n) is 6.62. The van der Waals surface area contributed by atoms with Crippen molar-refractivity contribution >= 4 is 34.5 Å². The molecule has 0 atom stereocenters. The number of rotatable bonds is 7. The van der Waals surface area contributed by atoms with Crippen LogP contribution >= 0.6 is 11.3 Å². The maximum absolute atomic E-state index is 12.2. The van der Waals surface area contributed by atoms with Gasteiger partial charge < -0.3 is 30.3 Å². The third-order valence-electron chi connectivity index (χ3n) is 4.06. The number of carbonyl (C=O) groups is 2. The Morgan fingerprint density at radius 1 is 1.16 bits per heavy atom. The highest BCUT2D eigenvalue weighted by Crippen LogP contribution is 2.39. The summed E-state index contributed by atoms with van der Waals surface area (Å²) in [6.07, 6.45) is -0.614. The standard InChI is InChI=1S/C19H20N6O6S/c1-25(2)18(27)13-9-20-17(32-13)10-5-4-6-12(15(10)31-3)22-11-7-8-21-24-14(11)16(26)23-19(28,29)30/h4-9,28-30H,1-3H3,(H,21,22)(H,23,26). The Bertz CT molecular complexity index is 1140. The highest BCUT2D eigenvalue weighted by atomic mass is 32.1. The van der Waals surface area contributed by atoms with Gasteiger partial charge in [-0.2, -0.15) is 5.10 Å². The molecule has 5 N–H and O–H groups in total. The summed E-state index contributed by atoms with van der Waals surface area (Å²) in [5.74, 6) is -0.877. The number of carbonyl (C=O) groups excluding carboxylic acids is 2. The van der Waals surface area contributed by atoms with Crippen molar-refractivity contribution in [3.63, 3.8) is 0 Å². The molecule has 2 amide bonds. The zero-order chi connectivity index (χ0) is 23.5. The number of nitrogens with one attached hydrogen (secondary N) is 2. The van der Waals surface area contributed by atoms with Gasteiger partial charge in [0.1, 0.15) is 9.88 Å². The molecule has 0 aliphatic carbocycles. The minimum atomic E-state index is -3.42. The fourth-order valence-electron chi connectivity index (χ4n) is 2.70. The minimum Gasteiger partial charge on any atom is -0.494 e. The Morgan fingerprint density at radius 2 is 1.91 bits per heavy atom. The zero-order valence-corrected chi connectivity index (χ0v) is 18.0. The van der Waals surface area contributed by atoms with E-state index < -0.39 is 12.0 Å². The van der Waals surface area contributed by atoms with E-state index in [0.717, 1.165) is 0 Å². The summed E-state index contributed by atoms with van der Waals surface area (Å²) >= 11 is 1.20. The summed E-state index contributed by atoms with van der Waals surface area (Å²) < 4.78 is 5.55. The number of ether oxygens (including phenoxy) is 1. The van der Waals surface area contributed by atoms with Gasteiger partial charge in [0.05, 0.1) is 36.4 Å². The van der Waals surface area contributed by atoms with Gasteiger partial charge in [0.2, 0.25) is 0 Å². The van der Waals surface area contributed by atoms with Crippen molar-refractivity contribution in [2.24, 2.45) is 0 Å². The van der Waals surface area contributed by atoms with E-state index in [1.807, 2.05) is 0 Å². The molecule has 0 radical (unpaired) electrons. The summed E-state index contributed by atoms with van der Waals surface area (Å²) in [5.41, 5.74) is 0.883. The molecule has 2 aromatic heterocycles. The molecule has 0 aliphatic heterocycles. The van der Waals surface area contributed by atoms with E-state index in [9.17, 15) is 9.59 Å². The smallest absolute Gasteiger partial charge is 0.369 e. The van der Waals surface area contributed by atoms with Crippen molar-refractivity contribution in [2.75, 3.05) is 26.5 Å². The SMILES string of the molecule is COc1c(Nc2ccnnc2C(=O)NC(O)(O)O)cccc1-c1ncc(C(=O)N(C)C)s1. The van der Waals surface area contributed by atoms with Crippen molar-refractivity contribution in [3.8, 4) is 16.3 Å². The number of benzene rings is 1. The third-order valence-corrected chi connectivity index (χ3v) is 5.08. The second kappa shape index (κ2) is 9.23. The Kier molecular flexibility index (Phi) is 6.64. The number of methoxy groups -OCH3 is 1. The first-order valence-corrected chi connectivity index (χ1v) is 9.85. The molecule has 0 aliphatic rings. The number of aromatic nitrogens is 3. The van der Waals surface area contributed by atoms with E-state index in [0.29, 0.717) is 26.9 Å². The molecule has 168 valence electrons. The summed E-state index contributed by atoms with van der Waals surface area (Å²) in [6, 6.07) is 6.60. The predicted octanol–water partition coefficient (Wildman–Crippen LogP) is 0.372. The zero-order valence-electron chi connectivity index (χ0n) is 17.2. The Labute approximate surface area is 186 Å². The van der Waals surface area contributed by atoms with Crippen LogP contribution in [0.3, 0.4) is 0 Å². The summed E-state index contributed by atoms with van der Waals surface area (Å²) in [4.78, 5) is 30.7. The molecule has 0 unspecified atom stereocenters. The number of hydrogen-bond donors (Lipinski definition) is 5. The average molecular weight is 460 g/mol. The van der Waals surface area contributed by atoms with Gasteiger partial charge in [0, 0.05) is 14.1 Å². The van der Waals surface area contributed by atoms with Crippen molar-refractivity contribution in [3.05, 3.63) is 47.2 Å². The second-order valence-corrected chi connectivity index (χ2v) is 7.65. The molecule has 3 aromatic rings. The molecule has 0 fully saturated rings. The number of amides is 2. The van der Waals surface area contributed by atoms with E-state index in [2.05, 4.69) is 20.5 Å². The normalized spacial score (nSPS) is 11.1. The number of aliphatic hydroxyl groups is 3. The van der Waals surface area contributed by atoms with Crippen molar-refractivity contribution < 1.29 is 29.6 Å². The van der Waals surface area contributed by atoms with Crippen LogP contribution in [0.2, 0.25) is 0 Å². The lowest BCUT2D eigenvalue weighted by atomic mass is 10.1. The molecule has 0 bridgehead atoms. The Balaban J connectivity index is 1.97. The van der Waals surface area contributed by atoms with Crippen LogP contribution in [0.15, 0.2) is 36.7 Å². The molecule has 2 heterocycles. The van der Waals surface area contributed by atoms with E-state index in [4.69, 9.17) is 20.1 Å². The van der Waals surface area contributed by atoms with E-state index in [-0.39, 0.29) is 17.3 Å². The number of nitrogens with zero attached hydrogens (tertiary/aromatic N) is 4. The molecule has 32 heavy (non-hydrogen) atoms. The molecule has 1 aromatic carbocycles. The molecule has 3 rings (SSSR count). The lowest BCUT2D eigenvalue weighted by Gasteiger charge is -2.17. The molecule has 0 spiro atoms. The largest absolute Gasteiger partial charge is 0.494 e. The first-order chi connectivity index (χ1) is 15.1. The van der Waals surface area contributed by atoms with Crippen LogP contribution in [0, 0.1) is 0 Å². The van der Waals surface area contributed by atoms with Gasteiger partial charge in [0.15, 0.2) is 11.4 Å². The first-order valence-electron chi connectivity index (χ1n) is 9.04. The quantitative estimate of drug-likeness (QED) is 0.310. The predicted molar refractivity (Wildman–Crippen MR) is 114 cm³/mol. The maximum Gasteiger partial charge on any atom is 0.369 e. The fraction of sp³-hybridized carbons (Fsp3) is 0.211. The van der Waals surface area contributed by atoms with Crippen LogP contribution in [0.1, 0.15) is 20.2 Å². The topological polar surface area (TPSA) is 170 Å². The lowest BCUT2D eigenvalue weighted by Crippen LogP contribution is -2.48. The van der Waals surface area contributed by atoms with Gasteiger partial charge in [0.25, 0.3) is 11.8 Å². The van der Waals surface area contributed by atoms with Crippen LogP contribution in [0.5, 0.6) is 5.75 Å². The lowest BCUT2D eigenvalue weighted by molar-refractivity contribution is -0.323. The number of para-hydroxylation sites is 1. The molecule has 0 saturated carbocycles. The van der Waals surface area contributed by atoms with Crippen LogP contribution < -0.4 is 15.4 Å². The van der Waals surface area contributed by atoms with Gasteiger partial charge in [-0.25, -0.2) is 4.98 Å². The van der Waals surface area contributed by atoms with Gasteiger partial charge in [-0.3, -0.25) is 14.9 Å². The summed E-state index contributed by atoms with van der Waals surface area (Å²) in [5, 5.41) is 39.4. The van der Waals surface area contributed by atoms with Crippen molar-refractivity contribution in [2.45, 2.75) is 6.10 Å². The highest BCUT2D eigenvalue weighted by molar-refractivity contribution is 7.16. The van der Waals surface area contributed by atoms with Gasteiger partial charge in [-0.1, -0.05) is 6.07 Å². The maximum atomic E-state index is 12.2. The molecule has 13 heteroatoms.